The molecule has 0 radical (unpaired) electrons. The second-order valence-electron chi connectivity index (χ2n) is 4.53. The standard InChI is InChI=1S/C13H18N2O3/c1-4-15(13(2,3)12(17)18)11(16)9-10-5-7-14-8-6-10/h5-8H,4,9H2,1-3H3,(H,17,18). The molecule has 1 heterocycles. The number of amides is 1. The fraction of sp³-hybridized carbons (Fsp3) is 0.462. The molecule has 0 bridgehead atoms. The molecule has 1 N–H and O–H groups in total. The number of carboxylic acid groups (broad SMARTS) is 1. The topological polar surface area (TPSA) is 70.5 Å². The van der Waals surface area contributed by atoms with E-state index in [2.05, 4.69) is 4.98 Å². The van der Waals surface area contributed by atoms with Crippen LogP contribution in [0.4, 0.5) is 0 Å². The van der Waals surface area contributed by atoms with Gasteiger partial charge in [-0.1, -0.05) is 0 Å². The van der Waals surface area contributed by atoms with Gasteiger partial charge in [-0.15, -0.1) is 0 Å². The van der Waals surface area contributed by atoms with Gasteiger partial charge >= 0.3 is 5.97 Å². The van der Waals surface area contributed by atoms with E-state index < -0.39 is 11.5 Å². The van der Waals surface area contributed by atoms with Crippen LogP contribution in [0, 0.1) is 0 Å². The van der Waals surface area contributed by atoms with Gasteiger partial charge in [-0.3, -0.25) is 9.78 Å². The van der Waals surface area contributed by atoms with E-state index in [1.807, 2.05) is 0 Å². The number of carboxylic acids is 1. The summed E-state index contributed by atoms with van der Waals surface area (Å²) >= 11 is 0. The minimum absolute atomic E-state index is 0.188. The number of nitrogens with zero attached hydrogens (tertiary/aromatic N) is 2. The van der Waals surface area contributed by atoms with Crippen LogP contribution in [-0.2, 0) is 16.0 Å². The summed E-state index contributed by atoms with van der Waals surface area (Å²) in [6, 6.07) is 3.50. The molecule has 0 aliphatic heterocycles. The SMILES string of the molecule is CCN(C(=O)Cc1ccncc1)C(C)(C)C(=O)O. The van der Waals surface area contributed by atoms with Crippen LogP contribution in [0.2, 0.25) is 0 Å². The lowest BCUT2D eigenvalue weighted by Crippen LogP contribution is -2.53. The van der Waals surface area contributed by atoms with Gasteiger partial charge in [-0.2, -0.15) is 0 Å². The van der Waals surface area contributed by atoms with E-state index >= 15 is 0 Å². The monoisotopic (exact) mass is 250 g/mol. The summed E-state index contributed by atoms with van der Waals surface area (Å²) in [7, 11) is 0. The van der Waals surface area contributed by atoms with Crippen molar-refractivity contribution >= 4 is 11.9 Å². The smallest absolute Gasteiger partial charge is 0.329 e. The minimum atomic E-state index is -1.20. The van der Waals surface area contributed by atoms with Crippen molar-refractivity contribution in [2.75, 3.05) is 6.54 Å². The number of carbonyl (C=O) groups is 2. The van der Waals surface area contributed by atoms with Crippen molar-refractivity contribution in [2.45, 2.75) is 32.7 Å². The van der Waals surface area contributed by atoms with Gasteiger partial charge in [-0.25, -0.2) is 4.79 Å². The average molecular weight is 250 g/mol. The second kappa shape index (κ2) is 5.62. The van der Waals surface area contributed by atoms with Crippen molar-refractivity contribution < 1.29 is 14.7 Å². The van der Waals surface area contributed by atoms with Gasteiger partial charge < -0.3 is 10.0 Å². The van der Waals surface area contributed by atoms with Gasteiger partial charge in [0.25, 0.3) is 0 Å². The van der Waals surface area contributed by atoms with Gasteiger partial charge in [0.2, 0.25) is 5.91 Å². The Kier molecular flexibility index (Phi) is 4.42. The first-order valence-electron chi connectivity index (χ1n) is 5.82. The zero-order valence-corrected chi connectivity index (χ0v) is 10.9. The summed E-state index contributed by atoms with van der Waals surface area (Å²) in [5.41, 5.74) is -0.367. The Labute approximate surface area is 106 Å². The van der Waals surface area contributed by atoms with E-state index in [9.17, 15) is 9.59 Å². The summed E-state index contributed by atoms with van der Waals surface area (Å²) in [5, 5.41) is 9.15. The summed E-state index contributed by atoms with van der Waals surface area (Å²) in [5.74, 6) is -1.21. The number of rotatable bonds is 5. The Hall–Kier alpha value is -1.91. The Morgan fingerprint density at radius 2 is 1.89 bits per heavy atom. The van der Waals surface area contributed by atoms with Crippen molar-refractivity contribution in [1.29, 1.82) is 0 Å². The quantitative estimate of drug-likeness (QED) is 0.856. The highest BCUT2D eigenvalue weighted by atomic mass is 16.4. The summed E-state index contributed by atoms with van der Waals surface area (Å²) in [4.78, 5) is 28.6. The molecule has 0 fully saturated rings. The second-order valence-corrected chi connectivity index (χ2v) is 4.53. The normalized spacial score (nSPS) is 11.1. The zero-order chi connectivity index (χ0) is 13.8. The lowest BCUT2D eigenvalue weighted by Gasteiger charge is -2.34. The highest BCUT2D eigenvalue weighted by Gasteiger charge is 2.36. The highest BCUT2D eigenvalue weighted by Crippen LogP contribution is 2.16. The summed E-state index contributed by atoms with van der Waals surface area (Å²) in [6.07, 6.45) is 3.41. The van der Waals surface area contributed by atoms with Gasteiger partial charge in [0.05, 0.1) is 6.42 Å². The zero-order valence-electron chi connectivity index (χ0n) is 10.9. The fourth-order valence-corrected chi connectivity index (χ4v) is 1.77. The Bertz CT molecular complexity index is 429. The van der Waals surface area contributed by atoms with E-state index in [1.165, 1.54) is 18.7 Å². The maximum atomic E-state index is 12.1. The number of aromatic nitrogens is 1. The Morgan fingerprint density at radius 3 is 2.33 bits per heavy atom. The first kappa shape index (κ1) is 14.2. The van der Waals surface area contributed by atoms with Crippen molar-refractivity contribution in [1.82, 2.24) is 9.88 Å². The van der Waals surface area contributed by atoms with Crippen LogP contribution in [0.3, 0.4) is 0 Å². The Balaban J connectivity index is 2.84. The molecule has 0 aliphatic carbocycles. The van der Waals surface area contributed by atoms with E-state index in [4.69, 9.17) is 5.11 Å². The maximum Gasteiger partial charge on any atom is 0.329 e. The van der Waals surface area contributed by atoms with Crippen LogP contribution in [0.25, 0.3) is 0 Å². The summed E-state index contributed by atoms with van der Waals surface area (Å²) in [6.45, 7) is 5.20. The van der Waals surface area contributed by atoms with Gasteiger partial charge in [-0.05, 0) is 38.5 Å². The van der Waals surface area contributed by atoms with Crippen molar-refractivity contribution in [3.8, 4) is 0 Å². The molecule has 0 unspecified atom stereocenters. The average Bonchev–Trinajstić information content (AvgIpc) is 2.30. The molecule has 0 spiro atoms. The van der Waals surface area contributed by atoms with Crippen molar-refractivity contribution in [3.05, 3.63) is 30.1 Å². The molecule has 18 heavy (non-hydrogen) atoms. The van der Waals surface area contributed by atoms with Gasteiger partial charge in [0, 0.05) is 18.9 Å². The molecule has 1 amide bonds. The van der Waals surface area contributed by atoms with E-state index in [0.29, 0.717) is 6.54 Å². The minimum Gasteiger partial charge on any atom is -0.480 e. The van der Waals surface area contributed by atoms with Crippen LogP contribution < -0.4 is 0 Å². The molecule has 1 aromatic heterocycles. The molecule has 0 aromatic carbocycles. The third-order valence-corrected chi connectivity index (χ3v) is 2.92. The lowest BCUT2D eigenvalue weighted by molar-refractivity contribution is -0.156. The molecule has 0 saturated heterocycles. The highest BCUT2D eigenvalue weighted by molar-refractivity contribution is 5.87. The van der Waals surface area contributed by atoms with Crippen LogP contribution >= 0.6 is 0 Å². The molecule has 1 rings (SSSR count). The maximum absolute atomic E-state index is 12.1. The van der Waals surface area contributed by atoms with Crippen molar-refractivity contribution in [3.63, 3.8) is 0 Å². The molecule has 5 nitrogen and oxygen atoms in total. The predicted octanol–water partition coefficient (Wildman–Crippen LogP) is 1.34. The third-order valence-electron chi connectivity index (χ3n) is 2.92. The first-order chi connectivity index (χ1) is 8.39. The molecule has 0 saturated carbocycles. The molecule has 1 aromatic rings. The number of hydrogen-bond acceptors (Lipinski definition) is 3. The number of likely N-dealkylation sites (N-methyl/N-ethyl adjacent to an activating group) is 1. The molecule has 0 atom stereocenters. The van der Waals surface area contributed by atoms with E-state index in [0.717, 1.165) is 5.56 Å². The third kappa shape index (κ3) is 3.06. The number of carbonyl (C=O) groups excluding carboxylic acids is 1. The van der Waals surface area contributed by atoms with Crippen LogP contribution in [0.15, 0.2) is 24.5 Å². The number of pyridine rings is 1. The van der Waals surface area contributed by atoms with Gasteiger partial charge in [0.1, 0.15) is 5.54 Å². The summed E-state index contributed by atoms with van der Waals surface area (Å²) < 4.78 is 0. The van der Waals surface area contributed by atoms with Crippen molar-refractivity contribution in [2.24, 2.45) is 0 Å². The molecule has 0 aliphatic rings. The number of aliphatic carboxylic acids is 1. The van der Waals surface area contributed by atoms with E-state index in [1.54, 1.807) is 31.5 Å². The van der Waals surface area contributed by atoms with Crippen LogP contribution in [-0.4, -0.2) is 39.0 Å². The molecular weight excluding hydrogens is 232 g/mol. The molecule has 5 heteroatoms. The number of hydrogen-bond donors (Lipinski definition) is 1. The largest absolute Gasteiger partial charge is 0.480 e. The lowest BCUT2D eigenvalue weighted by atomic mass is 10.0. The predicted molar refractivity (Wildman–Crippen MR) is 67.0 cm³/mol. The van der Waals surface area contributed by atoms with E-state index in [-0.39, 0.29) is 12.3 Å². The molecule has 98 valence electrons. The fourth-order valence-electron chi connectivity index (χ4n) is 1.77. The van der Waals surface area contributed by atoms with Crippen LogP contribution in [0.5, 0.6) is 0 Å². The molecular formula is C13H18N2O3. The van der Waals surface area contributed by atoms with Crippen LogP contribution in [0.1, 0.15) is 26.3 Å². The van der Waals surface area contributed by atoms with Gasteiger partial charge in [0.15, 0.2) is 0 Å². The Morgan fingerprint density at radius 1 is 1.33 bits per heavy atom. The first-order valence-corrected chi connectivity index (χ1v) is 5.82.